The van der Waals surface area contributed by atoms with Gasteiger partial charge in [-0.25, -0.2) is 4.79 Å². The van der Waals surface area contributed by atoms with E-state index in [-0.39, 0.29) is 18.4 Å². The fourth-order valence-corrected chi connectivity index (χ4v) is 3.18. The molecule has 1 unspecified atom stereocenters. The molecule has 0 aliphatic carbocycles. The number of carbonyl (C=O) groups excluding carboxylic acids is 3. The summed E-state index contributed by atoms with van der Waals surface area (Å²) in [7, 11) is 0. The molecule has 0 radical (unpaired) electrons. The van der Waals surface area contributed by atoms with E-state index < -0.39 is 11.6 Å². The minimum atomic E-state index is -1.08. The number of benzene rings is 1. The van der Waals surface area contributed by atoms with E-state index in [9.17, 15) is 14.4 Å². The Bertz CT molecular complexity index is 632. The lowest BCUT2D eigenvalue weighted by Gasteiger charge is -2.26. The van der Waals surface area contributed by atoms with Crippen LogP contribution in [0.3, 0.4) is 0 Å². The summed E-state index contributed by atoms with van der Waals surface area (Å²) in [4.78, 5) is 40.7. The van der Waals surface area contributed by atoms with E-state index in [1.807, 2.05) is 44.2 Å². The number of rotatable bonds is 8. The van der Waals surface area contributed by atoms with Gasteiger partial charge in [-0.05, 0) is 25.3 Å². The Kier molecular flexibility index (Phi) is 6.17. The van der Waals surface area contributed by atoms with Crippen LogP contribution < -0.4 is 5.32 Å². The number of hydrogen-bond donors (Lipinski definition) is 1. The molecule has 0 spiro atoms. The highest BCUT2D eigenvalue weighted by molar-refractivity contribution is 6.09. The molecular weight excluding hydrogens is 318 g/mol. The van der Waals surface area contributed by atoms with Crippen LogP contribution in [-0.2, 0) is 15.1 Å². The maximum Gasteiger partial charge on any atom is 0.325 e. The average Bonchev–Trinajstić information content (AvgIpc) is 2.88. The van der Waals surface area contributed by atoms with Crippen molar-refractivity contribution in [3.63, 3.8) is 0 Å². The summed E-state index contributed by atoms with van der Waals surface area (Å²) in [6.07, 6.45) is 2.32. The number of amides is 4. The largest absolute Gasteiger partial charge is 0.341 e. The zero-order valence-corrected chi connectivity index (χ0v) is 15.2. The number of imide groups is 1. The standard InChI is InChI=1S/C19H27N3O3/c1-4-7-13-21(6-3)16(23)14-22-17(24)19(5-2,20-18(22)25)15-11-9-8-10-12-15/h8-12H,4-7,13-14H2,1-3H3,(H,20,25). The minimum Gasteiger partial charge on any atom is -0.341 e. The number of nitrogens with zero attached hydrogens (tertiary/aromatic N) is 2. The van der Waals surface area contributed by atoms with Crippen molar-refractivity contribution in [3.05, 3.63) is 35.9 Å². The van der Waals surface area contributed by atoms with Gasteiger partial charge in [-0.2, -0.15) is 0 Å². The molecule has 0 saturated carbocycles. The Hall–Kier alpha value is -2.37. The van der Waals surface area contributed by atoms with Crippen LogP contribution in [0, 0.1) is 0 Å². The van der Waals surface area contributed by atoms with Crippen molar-refractivity contribution >= 4 is 17.8 Å². The predicted molar refractivity (Wildman–Crippen MR) is 95.8 cm³/mol. The first-order valence-electron chi connectivity index (χ1n) is 8.97. The smallest absolute Gasteiger partial charge is 0.325 e. The third-order valence-corrected chi connectivity index (χ3v) is 4.78. The first kappa shape index (κ1) is 19.0. The van der Waals surface area contributed by atoms with E-state index in [0.29, 0.717) is 19.5 Å². The summed E-state index contributed by atoms with van der Waals surface area (Å²) in [6, 6.07) is 8.68. The zero-order valence-electron chi connectivity index (χ0n) is 15.2. The molecule has 6 heteroatoms. The van der Waals surface area contributed by atoms with E-state index >= 15 is 0 Å². The Morgan fingerprint density at radius 1 is 1.16 bits per heavy atom. The topological polar surface area (TPSA) is 69.7 Å². The highest BCUT2D eigenvalue weighted by Crippen LogP contribution is 2.32. The van der Waals surface area contributed by atoms with Crippen LogP contribution in [0.15, 0.2) is 30.3 Å². The van der Waals surface area contributed by atoms with E-state index in [0.717, 1.165) is 23.3 Å². The molecule has 1 aromatic carbocycles. The lowest BCUT2D eigenvalue weighted by atomic mass is 9.87. The molecule has 25 heavy (non-hydrogen) atoms. The van der Waals surface area contributed by atoms with Crippen molar-refractivity contribution in [1.29, 1.82) is 0 Å². The lowest BCUT2D eigenvalue weighted by Crippen LogP contribution is -2.45. The fourth-order valence-electron chi connectivity index (χ4n) is 3.18. The number of likely N-dealkylation sites (N-methyl/N-ethyl adjacent to an activating group) is 1. The van der Waals surface area contributed by atoms with E-state index in [1.54, 1.807) is 4.90 Å². The summed E-state index contributed by atoms with van der Waals surface area (Å²) in [6.45, 7) is 6.82. The maximum absolute atomic E-state index is 13.0. The monoisotopic (exact) mass is 345 g/mol. The van der Waals surface area contributed by atoms with Crippen LogP contribution in [0.2, 0.25) is 0 Å². The summed E-state index contributed by atoms with van der Waals surface area (Å²) in [5.41, 5.74) is -0.344. The third kappa shape index (κ3) is 3.67. The second-order valence-corrected chi connectivity index (χ2v) is 6.27. The molecule has 0 bridgehead atoms. The van der Waals surface area contributed by atoms with Crippen LogP contribution in [0.4, 0.5) is 4.79 Å². The highest BCUT2D eigenvalue weighted by Gasteiger charge is 2.51. The van der Waals surface area contributed by atoms with Crippen molar-refractivity contribution in [2.75, 3.05) is 19.6 Å². The Balaban J connectivity index is 2.19. The highest BCUT2D eigenvalue weighted by atomic mass is 16.2. The predicted octanol–water partition coefficient (Wildman–Crippen LogP) is 2.49. The molecule has 1 heterocycles. The third-order valence-electron chi connectivity index (χ3n) is 4.78. The molecule has 1 fully saturated rings. The second-order valence-electron chi connectivity index (χ2n) is 6.27. The molecular formula is C19H27N3O3. The van der Waals surface area contributed by atoms with Crippen LogP contribution in [-0.4, -0.2) is 47.3 Å². The number of nitrogens with one attached hydrogen (secondary N) is 1. The SMILES string of the molecule is CCCCN(CC)C(=O)CN1C(=O)NC(CC)(c2ccccc2)C1=O. The van der Waals surface area contributed by atoms with Crippen LogP contribution in [0.1, 0.15) is 45.6 Å². The Labute approximate surface area is 149 Å². The van der Waals surface area contributed by atoms with Crippen LogP contribution in [0.5, 0.6) is 0 Å². The van der Waals surface area contributed by atoms with E-state index in [1.165, 1.54) is 0 Å². The van der Waals surface area contributed by atoms with Gasteiger partial charge in [-0.1, -0.05) is 50.6 Å². The normalized spacial score (nSPS) is 19.9. The summed E-state index contributed by atoms with van der Waals surface area (Å²) >= 11 is 0. The van der Waals surface area contributed by atoms with Gasteiger partial charge >= 0.3 is 6.03 Å². The van der Waals surface area contributed by atoms with Gasteiger partial charge in [0.05, 0.1) is 0 Å². The summed E-state index contributed by atoms with van der Waals surface area (Å²) < 4.78 is 0. The molecule has 136 valence electrons. The van der Waals surface area contributed by atoms with Gasteiger partial charge in [0.15, 0.2) is 0 Å². The van der Waals surface area contributed by atoms with Crippen LogP contribution in [0.25, 0.3) is 0 Å². The number of carbonyl (C=O) groups is 3. The van der Waals surface area contributed by atoms with E-state index in [4.69, 9.17) is 0 Å². The number of urea groups is 1. The van der Waals surface area contributed by atoms with Crippen molar-refractivity contribution in [1.82, 2.24) is 15.1 Å². The summed E-state index contributed by atoms with van der Waals surface area (Å²) in [5.74, 6) is -0.550. The molecule has 2 rings (SSSR count). The molecule has 1 aliphatic heterocycles. The molecule has 0 aromatic heterocycles. The van der Waals surface area contributed by atoms with Crippen molar-refractivity contribution < 1.29 is 14.4 Å². The molecule has 1 aromatic rings. The molecule has 6 nitrogen and oxygen atoms in total. The second kappa shape index (κ2) is 8.14. The lowest BCUT2D eigenvalue weighted by molar-refractivity contribution is -0.139. The van der Waals surface area contributed by atoms with Gasteiger partial charge in [0.25, 0.3) is 5.91 Å². The minimum absolute atomic E-state index is 0.195. The van der Waals surface area contributed by atoms with Crippen molar-refractivity contribution in [2.45, 2.75) is 45.6 Å². The molecule has 1 saturated heterocycles. The van der Waals surface area contributed by atoms with Gasteiger partial charge in [0.2, 0.25) is 5.91 Å². The first-order chi connectivity index (χ1) is 12.0. The molecule has 1 atom stereocenters. The van der Waals surface area contributed by atoms with Gasteiger partial charge in [-0.3, -0.25) is 14.5 Å². The average molecular weight is 345 g/mol. The fraction of sp³-hybridized carbons (Fsp3) is 0.526. The van der Waals surface area contributed by atoms with Gasteiger partial charge in [-0.15, -0.1) is 0 Å². The Morgan fingerprint density at radius 2 is 1.84 bits per heavy atom. The maximum atomic E-state index is 13.0. The van der Waals surface area contributed by atoms with E-state index in [2.05, 4.69) is 12.2 Å². The van der Waals surface area contributed by atoms with Crippen molar-refractivity contribution in [2.24, 2.45) is 0 Å². The Morgan fingerprint density at radius 3 is 2.40 bits per heavy atom. The van der Waals surface area contributed by atoms with Gasteiger partial charge < -0.3 is 10.2 Å². The number of hydrogen-bond acceptors (Lipinski definition) is 3. The van der Waals surface area contributed by atoms with Crippen LogP contribution >= 0.6 is 0 Å². The molecule has 4 amide bonds. The summed E-state index contributed by atoms with van der Waals surface area (Å²) in [5, 5.41) is 2.81. The molecule has 1 aliphatic rings. The quantitative estimate of drug-likeness (QED) is 0.736. The number of unbranched alkanes of at least 4 members (excludes halogenated alkanes) is 1. The van der Waals surface area contributed by atoms with Crippen molar-refractivity contribution in [3.8, 4) is 0 Å². The van der Waals surface area contributed by atoms with Gasteiger partial charge in [0, 0.05) is 13.1 Å². The zero-order chi connectivity index (χ0) is 18.4. The van der Waals surface area contributed by atoms with Gasteiger partial charge in [0.1, 0.15) is 12.1 Å². The molecule has 1 N–H and O–H groups in total. The first-order valence-corrected chi connectivity index (χ1v) is 8.97.